The van der Waals surface area contributed by atoms with Crippen molar-refractivity contribution >= 4 is 39.0 Å². The molecular weight excluding hydrogens is 521 g/mol. The lowest BCUT2D eigenvalue weighted by molar-refractivity contribution is -0.133. The Bertz CT molecular complexity index is 1330. The summed E-state index contributed by atoms with van der Waals surface area (Å²) < 4.78 is 28.3. The zero-order chi connectivity index (χ0) is 26.0. The molecule has 0 saturated heterocycles. The van der Waals surface area contributed by atoms with Crippen molar-refractivity contribution in [3.05, 3.63) is 91.6 Å². The lowest BCUT2D eigenvalue weighted by Gasteiger charge is -2.32. The Hall–Kier alpha value is -2.36. The Morgan fingerprint density at radius 3 is 2.56 bits per heavy atom. The second-order valence-corrected chi connectivity index (χ2v) is 12.2. The minimum atomic E-state index is -3.92. The molecule has 0 amide bonds. The van der Waals surface area contributed by atoms with E-state index < -0.39 is 27.0 Å². The number of rotatable bonds is 7. The maximum absolute atomic E-state index is 14.1. The minimum Gasteiger partial charge on any atom is -0.478 e. The van der Waals surface area contributed by atoms with E-state index in [4.69, 9.17) is 23.2 Å². The van der Waals surface area contributed by atoms with Gasteiger partial charge in [-0.3, -0.25) is 0 Å². The maximum atomic E-state index is 14.1. The van der Waals surface area contributed by atoms with E-state index in [1.807, 2.05) is 37.4 Å². The lowest BCUT2D eigenvalue weighted by atomic mass is 9.86. The van der Waals surface area contributed by atoms with E-state index in [1.54, 1.807) is 25.1 Å². The van der Waals surface area contributed by atoms with Gasteiger partial charge in [0.2, 0.25) is 0 Å². The number of hydrogen-bond acceptors (Lipinski definition) is 6. The zero-order valence-electron chi connectivity index (χ0n) is 20.1. The normalized spacial score (nSPS) is 21.7. The van der Waals surface area contributed by atoms with Crippen molar-refractivity contribution in [3.63, 3.8) is 0 Å². The second-order valence-electron chi connectivity index (χ2n) is 9.20. The van der Waals surface area contributed by atoms with Crippen molar-refractivity contribution in [2.75, 3.05) is 26.7 Å². The molecule has 2 unspecified atom stereocenters. The summed E-state index contributed by atoms with van der Waals surface area (Å²) in [6.07, 6.45) is 0.385. The van der Waals surface area contributed by atoms with Crippen LogP contribution in [0.1, 0.15) is 30.4 Å². The molecule has 0 aromatic heterocycles. The summed E-state index contributed by atoms with van der Waals surface area (Å²) in [5, 5.41) is 16.0. The zero-order valence-corrected chi connectivity index (χ0v) is 22.4. The van der Waals surface area contributed by atoms with Crippen LogP contribution in [0.25, 0.3) is 0 Å². The number of aliphatic carboxylic acids is 1. The number of nitrogens with zero attached hydrogens (tertiary/aromatic N) is 1. The third-order valence-corrected chi connectivity index (χ3v) is 9.87. The first-order valence-corrected chi connectivity index (χ1v) is 14.0. The van der Waals surface area contributed by atoms with Gasteiger partial charge in [-0.15, -0.1) is 0 Å². The Balaban J connectivity index is 1.70. The predicted molar refractivity (Wildman–Crippen MR) is 143 cm³/mol. The average Bonchev–Trinajstić information content (AvgIpc) is 2.94. The Kier molecular flexibility index (Phi) is 8.12. The molecule has 0 radical (unpaired) electrons. The van der Waals surface area contributed by atoms with Crippen LogP contribution in [-0.2, 0) is 21.2 Å². The quantitative estimate of drug-likeness (QED) is 0.476. The van der Waals surface area contributed by atoms with Crippen LogP contribution < -0.4 is 10.6 Å². The largest absolute Gasteiger partial charge is 0.478 e. The van der Waals surface area contributed by atoms with Crippen molar-refractivity contribution in [3.8, 4) is 0 Å². The number of sulfone groups is 1. The van der Waals surface area contributed by atoms with Gasteiger partial charge in [0.25, 0.3) is 0 Å². The van der Waals surface area contributed by atoms with Crippen molar-refractivity contribution < 1.29 is 18.3 Å². The van der Waals surface area contributed by atoms with Crippen LogP contribution in [0.5, 0.6) is 0 Å². The molecule has 0 bridgehead atoms. The summed E-state index contributed by atoms with van der Waals surface area (Å²) in [5.74, 6) is -2.28. The highest BCUT2D eigenvalue weighted by Crippen LogP contribution is 2.46. The van der Waals surface area contributed by atoms with Gasteiger partial charge in [-0.05, 0) is 44.1 Å². The smallest absolute Gasteiger partial charge is 0.334 e. The Morgan fingerprint density at radius 2 is 1.86 bits per heavy atom. The summed E-state index contributed by atoms with van der Waals surface area (Å²) in [6, 6.07) is 14.9. The summed E-state index contributed by atoms with van der Waals surface area (Å²) in [4.78, 5) is 14.5. The molecule has 2 aliphatic heterocycles. The summed E-state index contributed by atoms with van der Waals surface area (Å²) in [7, 11) is -1.96. The summed E-state index contributed by atoms with van der Waals surface area (Å²) in [5.41, 5.74) is 2.27. The van der Waals surface area contributed by atoms with Gasteiger partial charge in [0.1, 0.15) is 0 Å². The number of allylic oxidation sites excluding steroid dienone is 2. The molecule has 2 aliphatic rings. The second kappa shape index (κ2) is 10.9. The van der Waals surface area contributed by atoms with Crippen LogP contribution >= 0.6 is 23.2 Å². The summed E-state index contributed by atoms with van der Waals surface area (Å²) >= 11 is 12.8. The molecular formula is C26H29Cl2N3O4S. The van der Waals surface area contributed by atoms with Crippen LogP contribution in [-0.4, -0.2) is 56.3 Å². The molecule has 2 heterocycles. The monoisotopic (exact) mass is 549 g/mol. The van der Waals surface area contributed by atoms with Crippen LogP contribution in [0.3, 0.4) is 0 Å². The highest BCUT2D eigenvalue weighted by molar-refractivity contribution is 7.96. The van der Waals surface area contributed by atoms with Crippen molar-refractivity contribution in [2.45, 2.75) is 31.1 Å². The molecule has 36 heavy (non-hydrogen) atoms. The fourth-order valence-corrected chi connectivity index (χ4v) is 7.48. The van der Waals surface area contributed by atoms with E-state index in [2.05, 4.69) is 15.5 Å². The van der Waals surface area contributed by atoms with E-state index in [9.17, 15) is 18.3 Å². The highest BCUT2D eigenvalue weighted by Gasteiger charge is 2.45. The Morgan fingerprint density at radius 1 is 1.14 bits per heavy atom. The molecule has 7 nitrogen and oxygen atoms in total. The molecule has 192 valence electrons. The number of halogens is 2. The van der Waals surface area contributed by atoms with Gasteiger partial charge in [-0.25, -0.2) is 13.2 Å². The molecule has 2 aromatic rings. The van der Waals surface area contributed by atoms with Gasteiger partial charge in [-0.2, -0.15) is 0 Å². The predicted octanol–water partition coefficient (Wildman–Crippen LogP) is 4.16. The van der Waals surface area contributed by atoms with Gasteiger partial charge >= 0.3 is 5.97 Å². The van der Waals surface area contributed by atoms with Crippen LogP contribution in [0.2, 0.25) is 10.0 Å². The molecule has 3 N–H and O–H groups in total. The number of carboxylic acid groups (broad SMARTS) is 1. The third kappa shape index (κ3) is 5.33. The van der Waals surface area contributed by atoms with Gasteiger partial charge < -0.3 is 20.6 Å². The molecule has 4 rings (SSSR count). The molecule has 10 heteroatoms. The number of carbonyl (C=O) groups is 1. The number of dihydropyridines is 1. The maximum Gasteiger partial charge on any atom is 0.334 e. The number of benzene rings is 2. The number of nitrogens with one attached hydrogen (secondary N) is 2. The molecule has 0 aliphatic carbocycles. The van der Waals surface area contributed by atoms with Gasteiger partial charge in [0.05, 0.1) is 31.7 Å². The molecule has 2 aromatic carbocycles. The van der Waals surface area contributed by atoms with E-state index in [0.717, 1.165) is 5.56 Å². The topological polar surface area (TPSA) is 98.7 Å². The van der Waals surface area contributed by atoms with E-state index in [0.29, 0.717) is 36.5 Å². The van der Waals surface area contributed by atoms with Gasteiger partial charge in [-0.1, -0.05) is 65.7 Å². The first-order chi connectivity index (χ1) is 17.1. The fraction of sp³-hybridized carbons (Fsp3) is 0.346. The van der Waals surface area contributed by atoms with Crippen molar-refractivity contribution in [1.29, 1.82) is 0 Å². The summed E-state index contributed by atoms with van der Waals surface area (Å²) in [6.45, 7) is 3.41. The molecule has 0 saturated carbocycles. The van der Waals surface area contributed by atoms with Crippen LogP contribution in [0.4, 0.5) is 0 Å². The number of hydrogen-bond donors (Lipinski definition) is 3. The van der Waals surface area contributed by atoms with Crippen molar-refractivity contribution in [1.82, 2.24) is 15.5 Å². The SMILES string of the molecule is CC1=C(C(=O)O)C(c2cccc(Cl)c2Cl)C2=C(CNCC(CCN(C)Cc3ccccc3)S2(=O)=O)N1. The minimum absolute atomic E-state index is 0.0513. The first kappa shape index (κ1) is 26.7. The standard InChI is InChI=1S/C26H29Cl2N3O4S/c1-16-22(26(32)33)23(19-9-6-10-20(27)24(19)28)25-21(30-16)14-29-13-18(36(25,34)35)11-12-31(2)15-17-7-4-3-5-8-17/h3-10,18,23,29-30H,11-15H2,1-2H3,(H,32,33). The molecule has 0 spiro atoms. The average molecular weight is 551 g/mol. The first-order valence-electron chi connectivity index (χ1n) is 11.7. The molecule has 0 fully saturated rings. The molecule has 2 atom stereocenters. The number of carboxylic acids is 1. The van der Waals surface area contributed by atoms with Crippen LogP contribution in [0, 0.1) is 0 Å². The lowest BCUT2D eigenvalue weighted by Crippen LogP contribution is -2.37. The Labute approximate surface area is 221 Å². The van der Waals surface area contributed by atoms with Crippen LogP contribution in [0.15, 0.2) is 70.4 Å². The van der Waals surface area contributed by atoms with Crippen molar-refractivity contribution in [2.24, 2.45) is 0 Å². The van der Waals surface area contributed by atoms with Gasteiger partial charge in [0, 0.05) is 31.0 Å². The van der Waals surface area contributed by atoms with E-state index in [1.165, 1.54) is 0 Å². The van der Waals surface area contributed by atoms with E-state index in [-0.39, 0.29) is 33.6 Å². The fourth-order valence-electron chi connectivity index (χ4n) is 4.91. The third-order valence-electron chi connectivity index (χ3n) is 6.66. The van der Waals surface area contributed by atoms with E-state index >= 15 is 0 Å². The van der Waals surface area contributed by atoms with Gasteiger partial charge in [0.15, 0.2) is 9.84 Å². The highest BCUT2D eigenvalue weighted by atomic mass is 35.5.